The van der Waals surface area contributed by atoms with Crippen LogP contribution in [0.1, 0.15) is 25.5 Å². The van der Waals surface area contributed by atoms with Crippen molar-refractivity contribution in [3.05, 3.63) is 41.7 Å². The van der Waals surface area contributed by atoms with Gasteiger partial charge in [0.2, 0.25) is 23.2 Å². The molecule has 1 aliphatic heterocycles. The van der Waals surface area contributed by atoms with Gasteiger partial charge in [0.05, 0.1) is 5.69 Å². The number of pyridine rings is 1. The second kappa shape index (κ2) is 6.26. The van der Waals surface area contributed by atoms with E-state index in [4.69, 9.17) is 4.74 Å². The van der Waals surface area contributed by atoms with Crippen LogP contribution < -0.4 is 5.32 Å². The smallest absolute Gasteiger partial charge is 0.252 e. The maximum atomic E-state index is 12.2. The second-order valence-corrected chi connectivity index (χ2v) is 5.49. The van der Waals surface area contributed by atoms with Crippen molar-refractivity contribution in [2.75, 3.05) is 5.33 Å². The van der Waals surface area contributed by atoms with Crippen molar-refractivity contribution in [2.24, 2.45) is 0 Å². The minimum absolute atomic E-state index is 0.215. The number of hydrogen-bond donors (Lipinski definition) is 2. The Hall–Kier alpha value is -1.89. The van der Waals surface area contributed by atoms with E-state index in [0.29, 0.717) is 17.4 Å². The topological polar surface area (TPSA) is 88.5 Å². The van der Waals surface area contributed by atoms with Crippen LogP contribution in [0.4, 0.5) is 0 Å². The van der Waals surface area contributed by atoms with E-state index in [9.17, 15) is 14.7 Å². The third-order valence-corrected chi connectivity index (χ3v) is 3.67. The van der Waals surface area contributed by atoms with Crippen LogP contribution in [0, 0.1) is 0 Å². The predicted octanol–water partition coefficient (Wildman–Crippen LogP) is 1.91. The Morgan fingerprint density at radius 2 is 2.29 bits per heavy atom. The number of hydrogen-bond acceptors (Lipinski definition) is 5. The van der Waals surface area contributed by atoms with E-state index < -0.39 is 17.1 Å². The van der Waals surface area contributed by atoms with Gasteiger partial charge in [0.1, 0.15) is 0 Å². The Kier molecular flexibility index (Phi) is 4.62. The number of nitrogens with zero attached hydrogens (tertiary/aromatic N) is 1. The van der Waals surface area contributed by atoms with Gasteiger partial charge in [0.25, 0.3) is 5.78 Å². The Bertz CT molecular complexity index is 588. The molecule has 1 aromatic heterocycles. The highest BCUT2D eigenvalue weighted by Crippen LogP contribution is 2.35. The molecule has 0 fully saturated rings. The molecule has 1 aromatic rings. The van der Waals surface area contributed by atoms with E-state index in [2.05, 4.69) is 26.2 Å². The molecule has 2 heterocycles. The number of ketones is 1. The van der Waals surface area contributed by atoms with Crippen LogP contribution in [0.3, 0.4) is 0 Å². The molecule has 0 saturated carbocycles. The number of nitrogens with one attached hydrogen (secondary N) is 1. The van der Waals surface area contributed by atoms with Crippen LogP contribution >= 0.6 is 15.9 Å². The molecule has 6 nitrogen and oxygen atoms in total. The lowest BCUT2D eigenvalue weighted by molar-refractivity contribution is -0.133. The van der Waals surface area contributed by atoms with Gasteiger partial charge in [-0.3, -0.25) is 19.9 Å². The highest BCUT2D eigenvalue weighted by molar-refractivity contribution is 9.09. The molecule has 0 aromatic carbocycles. The van der Waals surface area contributed by atoms with E-state index in [-0.39, 0.29) is 18.2 Å². The third-order valence-electron chi connectivity index (χ3n) is 3.11. The molecular formula is C14H15BrN2O4. The SMILES string of the molecule is CC1(c2ccccn2)OC(NC(=O)CCCBr)=C(O)C1=O. The fraction of sp³-hybridized carbons (Fsp3) is 0.357. The Balaban J connectivity index is 2.16. The fourth-order valence-electron chi connectivity index (χ4n) is 1.94. The van der Waals surface area contributed by atoms with Gasteiger partial charge in [-0.05, 0) is 25.5 Å². The molecule has 0 radical (unpaired) electrons. The average molecular weight is 355 g/mol. The summed E-state index contributed by atoms with van der Waals surface area (Å²) in [5.41, 5.74) is -1.06. The van der Waals surface area contributed by atoms with E-state index in [1.54, 1.807) is 18.2 Å². The van der Waals surface area contributed by atoms with Crippen LogP contribution in [0.2, 0.25) is 0 Å². The predicted molar refractivity (Wildman–Crippen MR) is 78.5 cm³/mol. The first-order chi connectivity index (χ1) is 9.99. The Labute approximate surface area is 130 Å². The second-order valence-electron chi connectivity index (χ2n) is 4.70. The number of halogens is 1. The van der Waals surface area contributed by atoms with Crippen LogP contribution in [-0.2, 0) is 19.9 Å². The van der Waals surface area contributed by atoms with Crippen molar-refractivity contribution in [1.82, 2.24) is 10.3 Å². The van der Waals surface area contributed by atoms with Crippen molar-refractivity contribution in [3.8, 4) is 0 Å². The number of alkyl halides is 1. The number of Topliss-reactive ketones (excluding diaryl/α,β-unsaturated/α-hetero) is 1. The summed E-state index contributed by atoms with van der Waals surface area (Å²) in [6.45, 7) is 1.51. The average Bonchev–Trinajstić information content (AvgIpc) is 2.71. The molecule has 1 unspecified atom stereocenters. The molecule has 1 atom stereocenters. The van der Waals surface area contributed by atoms with E-state index in [1.807, 2.05) is 0 Å². The molecular weight excluding hydrogens is 340 g/mol. The van der Waals surface area contributed by atoms with Crippen LogP contribution in [0.25, 0.3) is 0 Å². The van der Waals surface area contributed by atoms with Gasteiger partial charge in [-0.1, -0.05) is 22.0 Å². The van der Waals surface area contributed by atoms with Gasteiger partial charge in [-0.15, -0.1) is 0 Å². The summed E-state index contributed by atoms with van der Waals surface area (Å²) in [6, 6.07) is 5.05. The zero-order valence-corrected chi connectivity index (χ0v) is 13.0. The summed E-state index contributed by atoms with van der Waals surface area (Å²) in [6.07, 6.45) is 2.44. The summed E-state index contributed by atoms with van der Waals surface area (Å²) in [7, 11) is 0. The van der Waals surface area contributed by atoms with Crippen molar-refractivity contribution < 1.29 is 19.4 Å². The molecule has 1 aliphatic rings. The van der Waals surface area contributed by atoms with Gasteiger partial charge < -0.3 is 9.84 Å². The Morgan fingerprint density at radius 1 is 1.52 bits per heavy atom. The van der Waals surface area contributed by atoms with Crippen LogP contribution in [-0.4, -0.2) is 27.1 Å². The molecule has 1 amide bonds. The first kappa shape index (κ1) is 15.5. The largest absolute Gasteiger partial charge is 0.501 e. The van der Waals surface area contributed by atoms with Gasteiger partial charge in [-0.25, -0.2) is 0 Å². The molecule has 7 heteroatoms. The summed E-state index contributed by atoms with van der Waals surface area (Å²) < 4.78 is 5.48. The van der Waals surface area contributed by atoms with Crippen molar-refractivity contribution in [3.63, 3.8) is 0 Å². The van der Waals surface area contributed by atoms with Crippen LogP contribution in [0.5, 0.6) is 0 Å². The molecule has 0 aliphatic carbocycles. The van der Waals surface area contributed by atoms with Gasteiger partial charge >= 0.3 is 0 Å². The zero-order valence-electron chi connectivity index (χ0n) is 11.4. The summed E-state index contributed by atoms with van der Waals surface area (Å²) in [5.74, 6) is -1.76. The maximum Gasteiger partial charge on any atom is 0.252 e. The zero-order chi connectivity index (χ0) is 15.5. The first-order valence-corrected chi connectivity index (χ1v) is 7.55. The number of amides is 1. The maximum absolute atomic E-state index is 12.2. The number of ether oxygens (including phenoxy) is 1. The number of aromatic nitrogens is 1. The molecule has 2 N–H and O–H groups in total. The quantitative estimate of drug-likeness (QED) is 0.788. The van der Waals surface area contributed by atoms with Gasteiger partial charge in [0, 0.05) is 17.9 Å². The molecule has 112 valence electrons. The highest BCUT2D eigenvalue weighted by atomic mass is 79.9. The molecule has 0 spiro atoms. The van der Waals surface area contributed by atoms with E-state index >= 15 is 0 Å². The number of rotatable bonds is 5. The number of aliphatic hydroxyl groups excluding tert-OH is 1. The van der Waals surface area contributed by atoms with E-state index in [1.165, 1.54) is 13.1 Å². The van der Waals surface area contributed by atoms with Gasteiger partial charge in [-0.2, -0.15) is 0 Å². The van der Waals surface area contributed by atoms with Crippen molar-refractivity contribution in [2.45, 2.75) is 25.4 Å². The van der Waals surface area contributed by atoms with Crippen LogP contribution in [0.15, 0.2) is 36.0 Å². The van der Waals surface area contributed by atoms with Gasteiger partial charge in [0.15, 0.2) is 0 Å². The number of carbonyl (C=O) groups excluding carboxylic acids is 2. The number of carbonyl (C=O) groups is 2. The normalized spacial score (nSPS) is 21.3. The lowest BCUT2D eigenvalue weighted by atomic mass is 9.96. The minimum Gasteiger partial charge on any atom is -0.501 e. The third kappa shape index (κ3) is 3.07. The first-order valence-electron chi connectivity index (χ1n) is 6.43. The monoisotopic (exact) mass is 354 g/mol. The lowest BCUT2D eigenvalue weighted by Crippen LogP contribution is -2.33. The van der Waals surface area contributed by atoms with E-state index in [0.717, 1.165) is 0 Å². The standard InChI is InChI=1S/C14H15BrN2O4/c1-14(9-5-2-3-8-16-9)12(20)11(19)13(21-14)17-10(18)6-4-7-15/h2-3,5,8,19H,4,6-7H2,1H3,(H,17,18). The minimum atomic E-state index is -1.43. The molecule has 0 bridgehead atoms. The lowest BCUT2D eigenvalue weighted by Gasteiger charge is -2.22. The summed E-state index contributed by atoms with van der Waals surface area (Å²) >= 11 is 3.23. The highest BCUT2D eigenvalue weighted by Gasteiger charge is 2.49. The fourth-order valence-corrected chi connectivity index (χ4v) is 2.22. The van der Waals surface area contributed by atoms with Crippen molar-refractivity contribution in [1.29, 1.82) is 0 Å². The molecule has 2 rings (SSSR count). The molecule has 21 heavy (non-hydrogen) atoms. The summed E-state index contributed by atoms with van der Waals surface area (Å²) in [5, 5.41) is 13.0. The van der Waals surface area contributed by atoms with Crippen molar-refractivity contribution >= 4 is 27.6 Å². The number of aliphatic hydroxyl groups is 1. The molecule has 0 saturated heterocycles. The summed E-state index contributed by atoms with van der Waals surface area (Å²) in [4.78, 5) is 28.0. The Morgan fingerprint density at radius 3 is 2.90 bits per heavy atom.